The summed E-state index contributed by atoms with van der Waals surface area (Å²) < 4.78 is 5.12. The van der Waals surface area contributed by atoms with Crippen LogP contribution in [0.4, 0.5) is 10.5 Å². The third-order valence-corrected chi connectivity index (χ3v) is 3.27. The molecule has 1 aromatic rings. The van der Waals surface area contributed by atoms with Crippen molar-refractivity contribution in [3.8, 4) is 5.75 Å². The molecule has 3 N–H and O–H groups in total. The van der Waals surface area contributed by atoms with Crippen LogP contribution in [0.5, 0.6) is 5.75 Å². The largest absolute Gasteiger partial charge is 0.506 e. The summed E-state index contributed by atoms with van der Waals surface area (Å²) in [5, 5.41) is 9.87. The number of benzene rings is 1. The van der Waals surface area contributed by atoms with Crippen molar-refractivity contribution < 1.29 is 14.6 Å². The zero-order valence-electron chi connectivity index (χ0n) is 10.4. The predicted molar refractivity (Wildman–Crippen MR) is 68.6 cm³/mol. The molecule has 0 bridgehead atoms. The Labute approximate surface area is 106 Å². The zero-order chi connectivity index (χ0) is 13.2. The maximum Gasteiger partial charge on any atom is 0.415 e. The summed E-state index contributed by atoms with van der Waals surface area (Å²) in [4.78, 5) is 13.4. The van der Waals surface area contributed by atoms with Crippen LogP contribution < -0.4 is 10.6 Å². The molecule has 2 rings (SSSR count). The number of ether oxygens (including phenoxy) is 1. The van der Waals surface area contributed by atoms with Crippen molar-refractivity contribution in [2.45, 2.75) is 25.3 Å². The molecule has 1 heterocycles. The number of phenols is 1. The van der Waals surface area contributed by atoms with Gasteiger partial charge in [-0.25, -0.2) is 4.79 Å². The SMILES string of the molecule is CC1(CCCN)COC(=O)N1c1ccccc1O. The molecule has 0 saturated carbocycles. The van der Waals surface area contributed by atoms with Crippen LogP contribution >= 0.6 is 0 Å². The van der Waals surface area contributed by atoms with Gasteiger partial charge in [-0.1, -0.05) is 12.1 Å². The lowest BCUT2D eigenvalue weighted by Gasteiger charge is -2.32. The number of hydrogen-bond donors (Lipinski definition) is 2. The number of para-hydroxylation sites is 2. The molecule has 1 fully saturated rings. The lowest BCUT2D eigenvalue weighted by atomic mass is 9.95. The molecule has 98 valence electrons. The molecule has 1 aliphatic rings. The first-order valence-electron chi connectivity index (χ1n) is 6.03. The second-order valence-corrected chi connectivity index (χ2v) is 4.77. The summed E-state index contributed by atoms with van der Waals surface area (Å²) in [5.74, 6) is 0.0790. The van der Waals surface area contributed by atoms with E-state index in [0.29, 0.717) is 18.8 Å². The number of rotatable bonds is 4. The molecular weight excluding hydrogens is 232 g/mol. The summed E-state index contributed by atoms with van der Waals surface area (Å²) in [6.45, 7) is 2.83. The van der Waals surface area contributed by atoms with E-state index in [-0.39, 0.29) is 5.75 Å². The summed E-state index contributed by atoms with van der Waals surface area (Å²) in [7, 11) is 0. The number of hydrogen-bond acceptors (Lipinski definition) is 4. The van der Waals surface area contributed by atoms with Gasteiger partial charge in [-0.15, -0.1) is 0 Å². The van der Waals surface area contributed by atoms with Crippen molar-refractivity contribution in [3.05, 3.63) is 24.3 Å². The quantitative estimate of drug-likeness (QED) is 0.855. The molecule has 1 aromatic carbocycles. The van der Waals surface area contributed by atoms with E-state index in [2.05, 4.69) is 0 Å². The lowest BCUT2D eigenvalue weighted by Crippen LogP contribution is -2.45. The number of phenolic OH excluding ortho intramolecular Hbond substituents is 1. The first kappa shape index (κ1) is 12.7. The van der Waals surface area contributed by atoms with Crippen LogP contribution in [0, 0.1) is 0 Å². The van der Waals surface area contributed by atoms with Gasteiger partial charge < -0.3 is 15.6 Å². The minimum Gasteiger partial charge on any atom is -0.506 e. The van der Waals surface area contributed by atoms with Crippen LogP contribution in [0.25, 0.3) is 0 Å². The van der Waals surface area contributed by atoms with Crippen LogP contribution in [-0.4, -0.2) is 29.9 Å². The number of carbonyl (C=O) groups excluding carboxylic acids is 1. The molecule has 0 aliphatic carbocycles. The number of amides is 1. The van der Waals surface area contributed by atoms with Crippen LogP contribution in [0.15, 0.2) is 24.3 Å². The van der Waals surface area contributed by atoms with Crippen molar-refractivity contribution in [3.63, 3.8) is 0 Å². The fraction of sp³-hybridized carbons (Fsp3) is 0.462. The number of cyclic esters (lactones) is 1. The molecule has 5 nitrogen and oxygen atoms in total. The normalized spacial score (nSPS) is 23.2. The Morgan fingerprint density at radius 2 is 2.22 bits per heavy atom. The third kappa shape index (κ3) is 2.13. The highest BCUT2D eigenvalue weighted by atomic mass is 16.6. The van der Waals surface area contributed by atoms with Gasteiger partial charge in [-0.3, -0.25) is 4.90 Å². The highest BCUT2D eigenvalue weighted by molar-refractivity contribution is 5.93. The second-order valence-electron chi connectivity index (χ2n) is 4.77. The monoisotopic (exact) mass is 250 g/mol. The Morgan fingerprint density at radius 3 is 2.89 bits per heavy atom. The number of anilines is 1. The van der Waals surface area contributed by atoms with Gasteiger partial charge in [0.05, 0.1) is 11.2 Å². The fourth-order valence-electron chi connectivity index (χ4n) is 2.28. The molecule has 1 saturated heterocycles. The first-order valence-corrected chi connectivity index (χ1v) is 6.03. The standard InChI is InChI=1S/C13H18N2O3/c1-13(7-4-8-14)9-18-12(17)15(13)10-5-2-3-6-11(10)16/h2-3,5-6,16H,4,7-9,14H2,1H3. The summed E-state index contributed by atoms with van der Waals surface area (Å²) in [6.07, 6.45) is 1.12. The maximum absolute atomic E-state index is 11.9. The number of nitrogens with zero attached hydrogens (tertiary/aromatic N) is 1. The minimum absolute atomic E-state index is 0.0790. The van der Waals surface area contributed by atoms with E-state index in [1.165, 1.54) is 4.90 Å². The molecule has 1 unspecified atom stereocenters. The average molecular weight is 250 g/mol. The molecule has 1 atom stereocenters. The van der Waals surface area contributed by atoms with Gasteiger partial charge in [-0.2, -0.15) is 0 Å². The van der Waals surface area contributed by atoms with Gasteiger partial charge in [0.15, 0.2) is 0 Å². The summed E-state index contributed by atoms with van der Waals surface area (Å²) in [6, 6.07) is 6.77. The van der Waals surface area contributed by atoms with Crippen molar-refractivity contribution >= 4 is 11.8 Å². The fourth-order valence-corrected chi connectivity index (χ4v) is 2.28. The van der Waals surface area contributed by atoms with E-state index in [1.54, 1.807) is 24.3 Å². The number of carbonyl (C=O) groups is 1. The molecule has 0 radical (unpaired) electrons. The Kier molecular flexibility index (Phi) is 3.43. The number of nitrogens with two attached hydrogens (primary N) is 1. The molecule has 0 aromatic heterocycles. The maximum atomic E-state index is 11.9. The van der Waals surface area contributed by atoms with E-state index in [9.17, 15) is 9.90 Å². The van der Waals surface area contributed by atoms with Gasteiger partial charge in [0, 0.05) is 0 Å². The summed E-state index contributed by atoms with van der Waals surface area (Å²) in [5.41, 5.74) is 5.56. The Hall–Kier alpha value is -1.75. The third-order valence-electron chi connectivity index (χ3n) is 3.27. The van der Waals surface area contributed by atoms with Gasteiger partial charge >= 0.3 is 6.09 Å². The van der Waals surface area contributed by atoms with Crippen LogP contribution in [0.2, 0.25) is 0 Å². The van der Waals surface area contributed by atoms with Gasteiger partial charge in [0.2, 0.25) is 0 Å². The molecular formula is C13H18N2O3. The van der Waals surface area contributed by atoms with Crippen LogP contribution in [0.3, 0.4) is 0 Å². The highest BCUT2D eigenvalue weighted by Gasteiger charge is 2.44. The molecule has 1 aliphatic heterocycles. The first-order chi connectivity index (χ1) is 8.58. The smallest absolute Gasteiger partial charge is 0.415 e. The predicted octanol–water partition coefficient (Wildman–Crippen LogP) is 1.85. The van der Waals surface area contributed by atoms with E-state index >= 15 is 0 Å². The van der Waals surface area contributed by atoms with Gasteiger partial charge in [0.1, 0.15) is 12.4 Å². The van der Waals surface area contributed by atoms with E-state index < -0.39 is 11.6 Å². The topological polar surface area (TPSA) is 75.8 Å². The molecule has 1 amide bonds. The van der Waals surface area contributed by atoms with E-state index in [1.807, 2.05) is 6.92 Å². The molecule has 0 spiro atoms. The van der Waals surface area contributed by atoms with Crippen molar-refractivity contribution in [2.75, 3.05) is 18.1 Å². The summed E-state index contributed by atoms with van der Waals surface area (Å²) >= 11 is 0. The second kappa shape index (κ2) is 4.86. The van der Waals surface area contributed by atoms with Crippen molar-refractivity contribution in [2.24, 2.45) is 5.73 Å². The van der Waals surface area contributed by atoms with Gasteiger partial charge in [-0.05, 0) is 38.4 Å². The van der Waals surface area contributed by atoms with Crippen molar-refractivity contribution in [1.29, 1.82) is 0 Å². The van der Waals surface area contributed by atoms with Crippen LogP contribution in [0.1, 0.15) is 19.8 Å². The number of aromatic hydroxyl groups is 1. The van der Waals surface area contributed by atoms with Gasteiger partial charge in [0.25, 0.3) is 0 Å². The Bertz CT molecular complexity index is 450. The Balaban J connectivity index is 2.33. The van der Waals surface area contributed by atoms with E-state index in [0.717, 1.165) is 12.8 Å². The average Bonchev–Trinajstić information content (AvgIpc) is 2.65. The van der Waals surface area contributed by atoms with Crippen LogP contribution in [-0.2, 0) is 4.74 Å². The van der Waals surface area contributed by atoms with Crippen molar-refractivity contribution in [1.82, 2.24) is 0 Å². The van der Waals surface area contributed by atoms with E-state index in [4.69, 9.17) is 10.5 Å². The molecule has 5 heteroatoms. The highest BCUT2D eigenvalue weighted by Crippen LogP contribution is 2.38. The Morgan fingerprint density at radius 1 is 1.50 bits per heavy atom. The zero-order valence-corrected chi connectivity index (χ0v) is 10.4. The molecule has 18 heavy (non-hydrogen) atoms. The minimum atomic E-state index is -0.449. The lowest BCUT2D eigenvalue weighted by molar-refractivity contribution is 0.173.